The molecule has 1 aromatic carbocycles. The van der Waals surface area contributed by atoms with Crippen LogP contribution in [-0.4, -0.2) is 17.5 Å². The largest absolute Gasteiger partial charge is 0.296 e. The van der Waals surface area contributed by atoms with Crippen molar-refractivity contribution in [1.29, 1.82) is 0 Å². The summed E-state index contributed by atoms with van der Waals surface area (Å²) in [6.07, 6.45) is 2.90. The highest BCUT2D eigenvalue weighted by Gasteiger charge is 2.43. The second-order valence-corrected chi connectivity index (χ2v) is 5.18. The van der Waals surface area contributed by atoms with Crippen molar-refractivity contribution in [1.82, 2.24) is 4.90 Å². The summed E-state index contributed by atoms with van der Waals surface area (Å²) in [5, 5.41) is 0. The lowest BCUT2D eigenvalue weighted by molar-refractivity contribution is 0.199. The van der Waals surface area contributed by atoms with E-state index in [1.165, 1.54) is 24.9 Å². The second kappa shape index (κ2) is 3.64. The average Bonchev–Trinajstić information content (AvgIpc) is 2.75. The van der Waals surface area contributed by atoms with Crippen LogP contribution in [0.4, 0.5) is 0 Å². The number of fused-ring (bicyclic) bond motifs is 2. The molecule has 3 atom stereocenters. The van der Waals surface area contributed by atoms with Gasteiger partial charge in [-0.2, -0.15) is 0 Å². The van der Waals surface area contributed by atoms with E-state index in [0.717, 1.165) is 24.4 Å². The van der Waals surface area contributed by atoms with E-state index >= 15 is 0 Å². The summed E-state index contributed by atoms with van der Waals surface area (Å²) in [5.41, 5.74) is 1.47. The number of rotatable bonds is 2. The molecule has 1 heterocycles. The molecule has 1 aromatic rings. The molecule has 1 heteroatoms. The zero-order valence-corrected chi connectivity index (χ0v) is 9.39. The number of piperidine rings is 1. The maximum Gasteiger partial charge on any atom is 0.0236 e. The van der Waals surface area contributed by atoms with Gasteiger partial charge >= 0.3 is 0 Å². The Morgan fingerprint density at radius 1 is 1.20 bits per heavy atom. The smallest absolute Gasteiger partial charge is 0.0236 e. The number of benzene rings is 1. The molecule has 1 saturated heterocycles. The Kier molecular flexibility index (Phi) is 2.28. The maximum absolute atomic E-state index is 2.69. The van der Waals surface area contributed by atoms with Crippen LogP contribution in [-0.2, 0) is 6.54 Å². The number of hydrogen-bond acceptors (Lipinski definition) is 1. The summed E-state index contributed by atoms with van der Waals surface area (Å²) in [4.78, 5) is 2.69. The fourth-order valence-corrected chi connectivity index (χ4v) is 3.43. The molecular formula is C14H19N. The third kappa shape index (κ3) is 1.59. The van der Waals surface area contributed by atoms with Crippen LogP contribution in [0.1, 0.15) is 25.3 Å². The molecule has 80 valence electrons. The third-order valence-corrected chi connectivity index (χ3v) is 4.35. The van der Waals surface area contributed by atoms with E-state index in [-0.39, 0.29) is 0 Å². The molecule has 3 unspecified atom stereocenters. The molecule has 3 rings (SSSR count). The average molecular weight is 201 g/mol. The minimum atomic E-state index is 0.871. The van der Waals surface area contributed by atoms with Crippen LogP contribution in [0.15, 0.2) is 30.3 Å². The van der Waals surface area contributed by atoms with Gasteiger partial charge in [0.25, 0.3) is 0 Å². The van der Waals surface area contributed by atoms with Gasteiger partial charge in [0.15, 0.2) is 0 Å². The van der Waals surface area contributed by atoms with Crippen LogP contribution in [0.3, 0.4) is 0 Å². The summed E-state index contributed by atoms with van der Waals surface area (Å²) in [6.45, 7) is 4.93. The molecule has 0 N–H and O–H groups in total. The zero-order valence-electron chi connectivity index (χ0n) is 9.39. The molecule has 1 saturated carbocycles. The van der Waals surface area contributed by atoms with Crippen LogP contribution in [0.5, 0.6) is 0 Å². The minimum absolute atomic E-state index is 0.871. The van der Waals surface area contributed by atoms with E-state index in [1.807, 2.05) is 0 Å². The molecule has 1 aliphatic heterocycles. The molecule has 0 radical (unpaired) electrons. The van der Waals surface area contributed by atoms with Gasteiger partial charge < -0.3 is 0 Å². The maximum atomic E-state index is 2.69. The Morgan fingerprint density at radius 3 is 2.60 bits per heavy atom. The van der Waals surface area contributed by atoms with Crippen molar-refractivity contribution in [3.8, 4) is 0 Å². The van der Waals surface area contributed by atoms with E-state index in [2.05, 4.69) is 42.2 Å². The normalized spacial score (nSPS) is 34.9. The lowest BCUT2D eigenvalue weighted by Crippen LogP contribution is -2.32. The fourth-order valence-electron chi connectivity index (χ4n) is 3.43. The summed E-state index contributed by atoms with van der Waals surface area (Å²) >= 11 is 0. The molecule has 1 aliphatic carbocycles. The zero-order chi connectivity index (χ0) is 10.3. The second-order valence-electron chi connectivity index (χ2n) is 5.18. The van der Waals surface area contributed by atoms with Gasteiger partial charge in [-0.15, -0.1) is 0 Å². The highest BCUT2D eigenvalue weighted by atomic mass is 15.2. The van der Waals surface area contributed by atoms with Gasteiger partial charge in [0.1, 0.15) is 0 Å². The summed E-state index contributed by atoms with van der Waals surface area (Å²) in [7, 11) is 0. The van der Waals surface area contributed by atoms with Crippen LogP contribution in [0.25, 0.3) is 0 Å². The SMILES string of the molecule is CC1C2CCC1N(Cc1ccccc1)C2. The highest BCUT2D eigenvalue weighted by Crippen LogP contribution is 2.42. The summed E-state index contributed by atoms with van der Waals surface area (Å²) in [5.74, 6) is 1.92. The lowest BCUT2D eigenvalue weighted by atomic mass is 10.0. The number of hydrogen-bond donors (Lipinski definition) is 0. The van der Waals surface area contributed by atoms with Crippen molar-refractivity contribution in [2.75, 3.05) is 6.54 Å². The van der Waals surface area contributed by atoms with Crippen molar-refractivity contribution in [2.24, 2.45) is 11.8 Å². The van der Waals surface area contributed by atoms with Gasteiger partial charge in [0.2, 0.25) is 0 Å². The monoisotopic (exact) mass is 201 g/mol. The van der Waals surface area contributed by atoms with Gasteiger partial charge in [-0.3, -0.25) is 4.90 Å². The Bertz CT molecular complexity index is 332. The molecule has 1 nitrogen and oxygen atoms in total. The quantitative estimate of drug-likeness (QED) is 0.711. The number of nitrogens with zero attached hydrogens (tertiary/aromatic N) is 1. The first-order chi connectivity index (χ1) is 7.34. The van der Waals surface area contributed by atoms with Gasteiger partial charge in [0.05, 0.1) is 0 Å². The van der Waals surface area contributed by atoms with Gasteiger partial charge in [-0.25, -0.2) is 0 Å². The summed E-state index contributed by atoms with van der Waals surface area (Å²) in [6, 6.07) is 11.8. The highest BCUT2D eigenvalue weighted by molar-refractivity contribution is 5.15. The van der Waals surface area contributed by atoms with Gasteiger partial charge in [-0.1, -0.05) is 37.3 Å². The van der Waals surface area contributed by atoms with Crippen LogP contribution in [0, 0.1) is 11.8 Å². The van der Waals surface area contributed by atoms with Crippen molar-refractivity contribution in [3.05, 3.63) is 35.9 Å². The lowest BCUT2D eigenvalue weighted by Gasteiger charge is -2.27. The molecule has 2 bridgehead atoms. The summed E-state index contributed by atoms with van der Waals surface area (Å²) < 4.78 is 0. The topological polar surface area (TPSA) is 3.24 Å². The predicted octanol–water partition coefficient (Wildman–Crippen LogP) is 2.92. The van der Waals surface area contributed by atoms with E-state index in [1.54, 1.807) is 0 Å². The first kappa shape index (κ1) is 9.41. The number of likely N-dealkylation sites (tertiary alicyclic amines) is 1. The van der Waals surface area contributed by atoms with E-state index in [0.29, 0.717) is 0 Å². The Balaban J connectivity index is 1.71. The molecular weight excluding hydrogens is 182 g/mol. The fraction of sp³-hybridized carbons (Fsp3) is 0.571. The molecule has 2 aliphatic rings. The van der Waals surface area contributed by atoms with Gasteiger partial charge in [-0.05, 0) is 30.2 Å². The van der Waals surface area contributed by atoms with Gasteiger partial charge in [0, 0.05) is 19.1 Å². The van der Waals surface area contributed by atoms with Crippen LogP contribution < -0.4 is 0 Å². The standard InChI is InChI=1S/C14H19N/c1-11-13-7-8-14(11)15(10-13)9-12-5-3-2-4-6-12/h2-6,11,13-14H,7-10H2,1H3. The van der Waals surface area contributed by atoms with E-state index in [9.17, 15) is 0 Å². The van der Waals surface area contributed by atoms with Crippen molar-refractivity contribution >= 4 is 0 Å². The first-order valence-corrected chi connectivity index (χ1v) is 6.12. The molecule has 2 fully saturated rings. The minimum Gasteiger partial charge on any atom is -0.296 e. The third-order valence-electron chi connectivity index (χ3n) is 4.35. The predicted molar refractivity (Wildman–Crippen MR) is 62.5 cm³/mol. The Hall–Kier alpha value is -0.820. The molecule has 0 aromatic heterocycles. The molecule has 0 amide bonds. The molecule has 0 spiro atoms. The van der Waals surface area contributed by atoms with Crippen LogP contribution in [0.2, 0.25) is 0 Å². The van der Waals surface area contributed by atoms with Crippen molar-refractivity contribution in [3.63, 3.8) is 0 Å². The molecule has 15 heavy (non-hydrogen) atoms. The van der Waals surface area contributed by atoms with Crippen molar-refractivity contribution < 1.29 is 0 Å². The van der Waals surface area contributed by atoms with Crippen LogP contribution >= 0.6 is 0 Å². The first-order valence-electron chi connectivity index (χ1n) is 6.12. The van der Waals surface area contributed by atoms with Crippen molar-refractivity contribution in [2.45, 2.75) is 32.4 Å². The Morgan fingerprint density at radius 2 is 2.00 bits per heavy atom. The van der Waals surface area contributed by atoms with E-state index < -0.39 is 0 Å². The van der Waals surface area contributed by atoms with E-state index in [4.69, 9.17) is 0 Å². The Labute approximate surface area is 92.1 Å².